The van der Waals surface area contributed by atoms with Crippen LogP contribution in [-0.4, -0.2) is 23.2 Å². The summed E-state index contributed by atoms with van der Waals surface area (Å²) in [7, 11) is 1.35. The molecule has 0 atom stereocenters. The summed E-state index contributed by atoms with van der Waals surface area (Å²) in [5.41, 5.74) is 1.38. The summed E-state index contributed by atoms with van der Waals surface area (Å²) in [6, 6.07) is 3.53. The van der Waals surface area contributed by atoms with Crippen LogP contribution in [0.15, 0.2) is 20.7 Å². The third kappa shape index (κ3) is 3.22. The number of anilines is 1. The molecule has 1 amide bonds. The standard InChI is InChI=1S/C16H12N4O4S2/c1-7-4-9(24-15(22)12(7)23-3)13(21)18-16-20-19-14(26-16)11-8(2)6-25-10(11)5-17/h4,6H,1-3H3,(H,18,20,21). The zero-order chi connectivity index (χ0) is 18.8. The van der Waals surface area contributed by atoms with E-state index >= 15 is 0 Å². The predicted octanol–water partition coefficient (Wildman–Crippen LogP) is 2.97. The molecule has 8 nitrogen and oxygen atoms in total. The van der Waals surface area contributed by atoms with E-state index < -0.39 is 11.5 Å². The molecule has 1 N–H and O–H groups in total. The van der Waals surface area contributed by atoms with Gasteiger partial charge in [-0.15, -0.1) is 21.5 Å². The fourth-order valence-corrected chi connectivity index (χ4v) is 4.04. The summed E-state index contributed by atoms with van der Waals surface area (Å²) < 4.78 is 9.89. The Bertz CT molecular complexity index is 1090. The molecular formula is C16H12N4O4S2. The zero-order valence-corrected chi connectivity index (χ0v) is 15.6. The number of rotatable bonds is 4. The maximum Gasteiger partial charge on any atom is 0.379 e. The van der Waals surface area contributed by atoms with Crippen molar-refractivity contribution in [2.75, 3.05) is 12.4 Å². The molecule has 0 aliphatic rings. The molecule has 3 heterocycles. The van der Waals surface area contributed by atoms with Gasteiger partial charge in [-0.1, -0.05) is 11.3 Å². The fourth-order valence-electron chi connectivity index (χ4n) is 2.28. The first kappa shape index (κ1) is 17.8. The Morgan fingerprint density at radius 3 is 2.77 bits per heavy atom. The molecule has 0 spiro atoms. The molecular weight excluding hydrogens is 376 g/mol. The van der Waals surface area contributed by atoms with Gasteiger partial charge < -0.3 is 9.15 Å². The fraction of sp³-hybridized carbons (Fsp3) is 0.188. The zero-order valence-electron chi connectivity index (χ0n) is 13.9. The maximum atomic E-state index is 12.3. The van der Waals surface area contributed by atoms with Gasteiger partial charge in [0.15, 0.2) is 10.8 Å². The Morgan fingerprint density at radius 1 is 1.35 bits per heavy atom. The SMILES string of the molecule is COc1c(C)cc(C(=O)Nc2nnc(-c3c(C)csc3C#N)s2)oc1=O. The van der Waals surface area contributed by atoms with Gasteiger partial charge in [-0.25, -0.2) is 4.79 Å². The number of methoxy groups -OCH3 is 1. The third-order valence-corrected chi connectivity index (χ3v) is 5.32. The van der Waals surface area contributed by atoms with E-state index in [0.717, 1.165) is 16.9 Å². The number of hydrogen-bond donors (Lipinski definition) is 1. The van der Waals surface area contributed by atoms with Crippen molar-refractivity contribution >= 4 is 33.7 Å². The van der Waals surface area contributed by atoms with Crippen molar-refractivity contribution in [1.82, 2.24) is 10.2 Å². The summed E-state index contributed by atoms with van der Waals surface area (Å²) in [5.74, 6) is -0.732. The number of aryl methyl sites for hydroxylation is 2. The quantitative estimate of drug-likeness (QED) is 0.730. The van der Waals surface area contributed by atoms with E-state index in [-0.39, 0.29) is 16.6 Å². The van der Waals surface area contributed by atoms with Crippen LogP contribution >= 0.6 is 22.7 Å². The number of nitrogens with zero attached hydrogens (tertiary/aromatic N) is 3. The average molecular weight is 388 g/mol. The van der Waals surface area contributed by atoms with E-state index in [0.29, 0.717) is 21.0 Å². The highest BCUT2D eigenvalue weighted by Crippen LogP contribution is 2.35. The van der Waals surface area contributed by atoms with Gasteiger partial charge in [0, 0.05) is 11.1 Å². The molecule has 0 radical (unpaired) electrons. The minimum atomic E-state index is -0.733. The highest BCUT2D eigenvalue weighted by Gasteiger charge is 2.19. The van der Waals surface area contributed by atoms with Crippen molar-refractivity contribution < 1.29 is 13.9 Å². The van der Waals surface area contributed by atoms with E-state index in [9.17, 15) is 14.9 Å². The molecule has 3 aromatic heterocycles. The minimum Gasteiger partial charge on any atom is -0.490 e. The van der Waals surface area contributed by atoms with Crippen LogP contribution in [0.4, 0.5) is 5.13 Å². The van der Waals surface area contributed by atoms with Crippen LogP contribution in [0.3, 0.4) is 0 Å². The summed E-state index contributed by atoms with van der Waals surface area (Å²) in [6.45, 7) is 3.51. The summed E-state index contributed by atoms with van der Waals surface area (Å²) in [6.07, 6.45) is 0. The van der Waals surface area contributed by atoms with Crippen molar-refractivity contribution in [1.29, 1.82) is 5.26 Å². The second-order valence-electron chi connectivity index (χ2n) is 5.22. The van der Waals surface area contributed by atoms with Gasteiger partial charge in [-0.3, -0.25) is 10.1 Å². The lowest BCUT2D eigenvalue weighted by Gasteiger charge is -2.04. The number of carbonyl (C=O) groups excluding carboxylic acids is 1. The minimum absolute atomic E-state index is 0.0525. The highest BCUT2D eigenvalue weighted by atomic mass is 32.1. The first-order chi connectivity index (χ1) is 12.4. The van der Waals surface area contributed by atoms with Gasteiger partial charge in [0.05, 0.1) is 7.11 Å². The van der Waals surface area contributed by atoms with E-state index in [1.54, 1.807) is 6.92 Å². The smallest absolute Gasteiger partial charge is 0.379 e. The second-order valence-corrected chi connectivity index (χ2v) is 7.07. The molecule has 0 unspecified atom stereocenters. The summed E-state index contributed by atoms with van der Waals surface area (Å²) >= 11 is 2.46. The Morgan fingerprint density at radius 2 is 2.12 bits per heavy atom. The van der Waals surface area contributed by atoms with Gasteiger partial charge in [-0.05, 0) is 30.9 Å². The molecule has 0 saturated heterocycles. The molecule has 132 valence electrons. The highest BCUT2D eigenvalue weighted by molar-refractivity contribution is 7.19. The molecule has 0 aliphatic carbocycles. The first-order valence-electron chi connectivity index (χ1n) is 7.26. The molecule has 26 heavy (non-hydrogen) atoms. The third-order valence-electron chi connectivity index (χ3n) is 3.46. The Balaban J connectivity index is 1.86. The largest absolute Gasteiger partial charge is 0.490 e. The summed E-state index contributed by atoms with van der Waals surface area (Å²) in [4.78, 5) is 24.6. The van der Waals surface area contributed by atoms with Gasteiger partial charge in [-0.2, -0.15) is 5.26 Å². The first-order valence-corrected chi connectivity index (χ1v) is 8.96. The van der Waals surface area contributed by atoms with Gasteiger partial charge in [0.2, 0.25) is 10.9 Å². The number of ether oxygens (including phenoxy) is 1. The van der Waals surface area contributed by atoms with E-state index in [4.69, 9.17) is 9.15 Å². The molecule has 3 aromatic rings. The monoisotopic (exact) mass is 388 g/mol. The molecule has 0 aromatic carbocycles. The topological polar surface area (TPSA) is 118 Å². The van der Waals surface area contributed by atoms with Crippen LogP contribution in [0, 0.1) is 25.2 Å². The molecule has 0 aliphatic heterocycles. The second kappa shape index (κ2) is 7.07. The van der Waals surface area contributed by atoms with Crippen LogP contribution in [-0.2, 0) is 0 Å². The lowest BCUT2D eigenvalue weighted by molar-refractivity contribution is 0.0991. The van der Waals surface area contributed by atoms with Crippen molar-refractivity contribution in [2.24, 2.45) is 0 Å². The van der Waals surface area contributed by atoms with Crippen LogP contribution in [0.1, 0.15) is 26.6 Å². The van der Waals surface area contributed by atoms with Crippen molar-refractivity contribution in [3.8, 4) is 22.4 Å². The average Bonchev–Trinajstić information content (AvgIpc) is 3.20. The van der Waals surface area contributed by atoms with Gasteiger partial charge >= 0.3 is 5.63 Å². The lowest BCUT2D eigenvalue weighted by Crippen LogP contribution is -2.16. The van der Waals surface area contributed by atoms with E-state index in [1.165, 1.54) is 24.5 Å². The molecule has 0 saturated carbocycles. The summed E-state index contributed by atoms with van der Waals surface area (Å²) in [5, 5.41) is 22.3. The number of nitriles is 1. The van der Waals surface area contributed by atoms with Crippen LogP contribution in [0.2, 0.25) is 0 Å². The van der Waals surface area contributed by atoms with Gasteiger partial charge in [0.1, 0.15) is 10.9 Å². The van der Waals surface area contributed by atoms with E-state index in [2.05, 4.69) is 21.6 Å². The van der Waals surface area contributed by atoms with E-state index in [1.807, 2.05) is 12.3 Å². The molecule has 0 bridgehead atoms. The van der Waals surface area contributed by atoms with Crippen molar-refractivity contribution in [3.63, 3.8) is 0 Å². The Labute approximate surface area is 155 Å². The Kier molecular flexibility index (Phi) is 4.83. The van der Waals surface area contributed by atoms with Crippen molar-refractivity contribution in [3.05, 3.63) is 43.6 Å². The maximum absolute atomic E-state index is 12.3. The number of hydrogen-bond acceptors (Lipinski definition) is 9. The Hall–Kier alpha value is -3.03. The van der Waals surface area contributed by atoms with Crippen LogP contribution in [0.5, 0.6) is 5.75 Å². The number of nitrogens with one attached hydrogen (secondary N) is 1. The number of thiophene rings is 1. The normalized spacial score (nSPS) is 10.4. The predicted molar refractivity (Wildman–Crippen MR) is 96.9 cm³/mol. The molecule has 10 heteroatoms. The molecule has 3 rings (SSSR count). The lowest BCUT2D eigenvalue weighted by atomic mass is 10.2. The number of aromatic nitrogens is 2. The number of amides is 1. The van der Waals surface area contributed by atoms with Crippen LogP contribution < -0.4 is 15.7 Å². The number of carbonyl (C=O) groups is 1. The molecule has 0 fully saturated rings. The van der Waals surface area contributed by atoms with Gasteiger partial charge in [0.25, 0.3) is 5.91 Å². The van der Waals surface area contributed by atoms with Crippen molar-refractivity contribution in [2.45, 2.75) is 13.8 Å². The van der Waals surface area contributed by atoms with Crippen LogP contribution in [0.25, 0.3) is 10.6 Å².